The molecule has 2 aromatic carbocycles. The quantitative estimate of drug-likeness (QED) is 0.385. The Balaban J connectivity index is 1.50. The lowest BCUT2D eigenvalue weighted by Gasteiger charge is -2.41. The van der Waals surface area contributed by atoms with Crippen molar-refractivity contribution in [3.63, 3.8) is 0 Å². The van der Waals surface area contributed by atoms with Crippen LogP contribution in [0.2, 0.25) is 0 Å². The van der Waals surface area contributed by atoms with Crippen LogP contribution in [0, 0.1) is 17.5 Å². The fourth-order valence-electron chi connectivity index (χ4n) is 5.57. The van der Waals surface area contributed by atoms with Gasteiger partial charge in [0.15, 0.2) is 0 Å². The van der Waals surface area contributed by atoms with Crippen molar-refractivity contribution in [2.45, 2.75) is 44.3 Å². The van der Waals surface area contributed by atoms with Gasteiger partial charge in [0.1, 0.15) is 17.5 Å². The second kappa shape index (κ2) is 9.97. The molecule has 3 aromatic rings. The van der Waals surface area contributed by atoms with Crippen LogP contribution in [0.4, 0.5) is 32.0 Å². The van der Waals surface area contributed by atoms with Crippen molar-refractivity contribution in [2.75, 3.05) is 38.2 Å². The van der Waals surface area contributed by atoms with Gasteiger partial charge in [-0.25, -0.2) is 22.0 Å². The van der Waals surface area contributed by atoms with Crippen molar-refractivity contribution in [3.8, 4) is 0 Å². The number of benzene rings is 2. The van der Waals surface area contributed by atoms with E-state index >= 15 is 8.78 Å². The third-order valence-corrected chi connectivity index (χ3v) is 7.21. The molecule has 0 aliphatic carbocycles. The van der Waals surface area contributed by atoms with Crippen molar-refractivity contribution < 1.29 is 26.3 Å². The maximum Gasteiger partial charge on any atom is 0.251 e. The molecule has 5 rings (SSSR count). The minimum Gasteiger partial charge on any atom is -0.380 e. The van der Waals surface area contributed by atoms with E-state index in [9.17, 15) is 17.6 Å². The predicted octanol–water partition coefficient (Wildman–Crippen LogP) is 5.64. The van der Waals surface area contributed by atoms with E-state index in [2.05, 4.69) is 10.3 Å². The summed E-state index contributed by atoms with van der Waals surface area (Å²) in [6.45, 7) is 2.59. The van der Waals surface area contributed by atoms with Gasteiger partial charge in [0, 0.05) is 53.5 Å². The summed E-state index contributed by atoms with van der Waals surface area (Å²) in [6.07, 6.45) is -1.92. The van der Waals surface area contributed by atoms with Crippen LogP contribution in [0.5, 0.6) is 0 Å². The van der Waals surface area contributed by atoms with Crippen LogP contribution in [0.25, 0.3) is 10.9 Å². The molecule has 10 heteroatoms. The predicted molar refractivity (Wildman–Crippen MR) is 127 cm³/mol. The molecule has 0 saturated carbocycles. The Bertz CT molecular complexity index is 1220. The highest BCUT2D eigenvalue weighted by atomic mass is 19.3. The van der Waals surface area contributed by atoms with Crippen LogP contribution in [0.15, 0.2) is 30.3 Å². The van der Waals surface area contributed by atoms with Gasteiger partial charge < -0.3 is 10.3 Å². The van der Waals surface area contributed by atoms with Crippen molar-refractivity contribution in [3.05, 3.63) is 64.6 Å². The fraction of sp³-hybridized carbons (Fsp3) is 0.462. The van der Waals surface area contributed by atoms with E-state index in [4.69, 9.17) is 0 Å². The smallest absolute Gasteiger partial charge is 0.251 e. The van der Waals surface area contributed by atoms with Crippen LogP contribution in [0.3, 0.4) is 0 Å². The van der Waals surface area contributed by atoms with E-state index in [0.717, 1.165) is 0 Å². The third-order valence-electron chi connectivity index (χ3n) is 7.21. The molecule has 2 atom stereocenters. The molecule has 0 unspecified atom stereocenters. The van der Waals surface area contributed by atoms with Crippen molar-refractivity contribution in [2.24, 2.45) is 0 Å². The summed E-state index contributed by atoms with van der Waals surface area (Å²) in [4.78, 5) is 6.57. The van der Waals surface area contributed by atoms with Gasteiger partial charge in [0.05, 0.1) is 25.3 Å². The number of hydrogen-bond donors (Lipinski definition) is 2. The van der Waals surface area contributed by atoms with E-state index in [-0.39, 0.29) is 24.0 Å². The van der Waals surface area contributed by atoms with Crippen molar-refractivity contribution in [1.82, 2.24) is 14.8 Å². The topological polar surface area (TPSA) is 34.3 Å². The summed E-state index contributed by atoms with van der Waals surface area (Å²) >= 11 is 0. The van der Waals surface area contributed by atoms with E-state index in [1.54, 1.807) is 6.92 Å². The molecule has 2 N–H and O–H groups in total. The monoisotopic (exact) mass is 510 g/mol. The zero-order chi connectivity index (χ0) is 25.6. The van der Waals surface area contributed by atoms with Gasteiger partial charge in [-0.1, -0.05) is 0 Å². The van der Waals surface area contributed by atoms with Gasteiger partial charge in [-0.15, -0.1) is 0 Å². The Kier molecular flexibility index (Phi) is 6.91. The number of H-pyrrole nitrogens is 1. The number of nitrogens with one attached hydrogen (secondary N) is 2. The Morgan fingerprint density at radius 2 is 1.81 bits per heavy atom. The number of aromatic nitrogens is 1. The lowest BCUT2D eigenvalue weighted by molar-refractivity contribution is 0.0438. The van der Waals surface area contributed by atoms with Gasteiger partial charge in [0.25, 0.3) is 6.43 Å². The zero-order valence-corrected chi connectivity index (χ0v) is 19.8. The zero-order valence-electron chi connectivity index (χ0n) is 19.8. The van der Waals surface area contributed by atoms with Crippen LogP contribution < -0.4 is 5.32 Å². The molecule has 0 spiro atoms. The van der Waals surface area contributed by atoms with Gasteiger partial charge >= 0.3 is 0 Å². The van der Waals surface area contributed by atoms with Gasteiger partial charge in [-0.2, -0.15) is 0 Å². The van der Waals surface area contributed by atoms with Crippen molar-refractivity contribution >= 4 is 16.6 Å². The molecule has 0 bridgehead atoms. The summed E-state index contributed by atoms with van der Waals surface area (Å²) in [5, 5.41) is 3.68. The first-order valence-electron chi connectivity index (χ1n) is 12.1. The first kappa shape index (κ1) is 25.0. The molecule has 1 aromatic heterocycles. The Labute approximate surface area is 205 Å². The molecule has 4 nitrogen and oxygen atoms in total. The summed E-state index contributed by atoms with van der Waals surface area (Å²) < 4.78 is 84.5. The molecule has 1 saturated heterocycles. The molecule has 194 valence electrons. The summed E-state index contributed by atoms with van der Waals surface area (Å²) in [5.74, 6) is -2.14. The highest BCUT2D eigenvalue weighted by molar-refractivity contribution is 5.85. The second-order valence-corrected chi connectivity index (χ2v) is 9.75. The molecule has 2 aliphatic heterocycles. The number of nitrogens with zero attached hydrogens (tertiary/aromatic N) is 2. The molecule has 0 amide bonds. The van der Waals surface area contributed by atoms with E-state index in [1.807, 2.05) is 4.90 Å². The van der Waals surface area contributed by atoms with Crippen LogP contribution in [-0.2, 0) is 6.42 Å². The highest BCUT2D eigenvalue weighted by Gasteiger charge is 2.40. The Morgan fingerprint density at radius 1 is 1.08 bits per heavy atom. The number of fused-ring (bicyclic) bond motifs is 3. The molecular weight excluding hydrogens is 482 g/mol. The first-order valence-corrected chi connectivity index (χ1v) is 12.1. The standard InChI is InChI=1S/C26H28F6N4/c1-14-7-19-18-8-15(28)3-4-22(18)34-25(19)26(36(14)13-23(31)32)24-20(29)9-16(10-21(24)30)33-17-11-35(12-17)6-2-5-27/h3-4,8-10,14,17,23,26,33-34H,2,5-7,11-13H2,1H3/t14-,26-/m1/s1. The molecule has 0 radical (unpaired) electrons. The normalized spacial score (nSPS) is 21.2. The average molecular weight is 511 g/mol. The number of anilines is 1. The maximum absolute atomic E-state index is 15.5. The lowest BCUT2D eigenvalue weighted by Crippen LogP contribution is -2.54. The number of likely N-dealkylation sites (tertiary alicyclic amines) is 1. The Morgan fingerprint density at radius 3 is 2.47 bits per heavy atom. The van der Waals surface area contributed by atoms with E-state index in [1.165, 1.54) is 35.2 Å². The molecule has 2 aliphatic rings. The van der Waals surface area contributed by atoms with Gasteiger partial charge in [0.2, 0.25) is 0 Å². The lowest BCUT2D eigenvalue weighted by atomic mass is 9.88. The van der Waals surface area contributed by atoms with E-state index in [0.29, 0.717) is 54.6 Å². The second-order valence-electron chi connectivity index (χ2n) is 9.75. The van der Waals surface area contributed by atoms with Crippen LogP contribution >= 0.6 is 0 Å². The van der Waals surface area contributed by atoms with Crippen molar-refractivity contribution in [1.29, 1.82) is 0 Å². The number of rotatable bonds is 8. The number of halogens is 6. The molecule has 3 heterocycles. The number of alkyl halides is 3. The van der Waals surface area contributed by atoms with E-state index < -0.39 is 42.5 Å². The third kappa shape index (κ3) is 4.68. The number of aromatic amines is 1. The molecule has 1 fully saturated rings. The summed E-state index contributed by atoms with van der Waals surface area (Å²) in [6, 6.07) is 4.94. The average Bonchev–Trinajstić information content (AvgIpc) is 3.13. The Hall–Kier alpha value is -2.72. The SMILES string of the molecule is C[C@@H]1Cc2c([nH]c3ccc(F)cc23)[C@@H](c2c(F)cc(NC3CN(CCCF)C3)cc2F)N1CC(F)F. The van der Waals surface area contributed by atoms with Crippen LogP contribution in [-0.4, -0.2) is 66.1 Å². The van der Waals surface area contributed by atoms with Crippen LogP contribution in [0.1, 0.15) is 36.2 Å². The fourth-order valence-corrected chi connectivity index (χ4v) is 5.57. The summed E-state index contributed by atoms with van der Waals surface area (Å²) in [5.41, 5.74) is 1.59. The molecule has 36 heavy (non-hydrogen) atoms. The molecular formula is C26H28F6N4. The highest BCUT2D eigenvalue weighted by Crippen LogP contribution is 2.43. The van der Waals surface area contributed by atoms with Gasteiger partial charge in [-0.05, 0) is 55.7 Å². The minimum absolute atomic E-state index is 0.0190. The largest absolute Gasteiger partial charge is 0.380 e. The van der Waals surface area contributed by atoms with Gasteiger partial charge in [-0.3, -0.25) is 14.2 Å². The number of hydrogen-bond acceptors (Lipinski definition) is 3. The minimum atomic E-state index is -2.70. The first-order chi connectivity index (χ1) is 17.2. The summed E-state index contributed by atoms with van der Waals surface area (Å²) in [7, 11) is 0. The maximum atomic E-state index is 15.5.